The van der Waals surface area contributed by atoms with Gasteiger partial charge in [-0.2, -0.15) is 11.8 Å². The number of ketones is 3. The molecule has 0 aromatic carbocycles. The lowest BCUT2D eigenvalue weighted by Gasteiger charge is -2.42. The first-order valence-corrected chi connectivity index (χ1v) is 30.5. The number of unbranched alkanes of at least 4 members (excludes halogenated alkanes) is 1. The maximum absolute atomic E-state index is 14.6. The summed E-state index contributed by atoms with van der Waals surface area (Å²) < 4.78 is 36.0. The van der Waals surface area contributed by atoms with Crippen LogP contribution in [0.3, 0.4) is 0 Å². The van der Waals surface area contributed by atoms with Crippen LogP contribution in [0.1, 0.15) is 151 Å². The number of hydrogen-bond acceptors (Lipinski definition) is 16. The van der Waals surface area contributed by atoms with Crippen molar-refractivity contribution in [2.75, 3.05) is 33.6 Å². The molecule has 6 aliphatic rings. The number of carbonyl (C=O) groups excluding carboxylic acids is 7. The number of Topliss-reactive ketones (excluding diaryl/α,β-unsaturated/α-hetero) is 3. The first-order chi connectivity index (χ1) is 38.1. The first-order valence-electron chi connectivity index (χ1n) is 29.5. The zero-order valence-corrected chi connectivity index (χ0v) is 49.9. The molecule has 0 aromatic heterocycles. The maximum atomic E-state index is 14.6. The second kappa shape index (κ2) is 30.4. The van der Waals surface area contributed by atoms with Crippen LogP contribution in [-0.2, 0) is 57.2 Å². The van der Waals surface area contributed by atoms with Crippen LogP contribution in [0.15, 0.2) is 47.6 Å². The van der Waals surface area contributed by atoms with Gasteiger partial charge >= 0.3 is 18.0 Å². The monoisotopic (exact) mass is 1140 g/mol. The number of thioether (sulfide) groups is 1. The summed E-state index contributed by atoms with van der Waals surface area (Å²) in [5.74, 6) is -7.74. The average Bonchev–Trinajstić information content (AvgIpc) is 4.08. The summed E-state index contributed by atoms with van der Waals surface area (Å²) in [6.07, 6.45) is 13.5. The van der Waals surface area contributed by atoms with Crippen molar-refractivity contribution in [2.24, 2.45) is 35.5 Å². The van der Waals surface area contributed by atoms with Crippen LogP contribution in [0.2, 0.25) is 0 Å². The maximum Gasteiger partial charge on any atom is 0.329 e. The Morgan fingerprint density at radius 1 is 0.875 bits per heavy atom. The Labute approximate surface area is 478 Å². The van der Waals surface area contributed by atoms with Gasteiger partial charge in [-0.05, 0) is 120 Å². The van der Waals surface area contributed by atoms with Crippen LogP contribution in [0.5, 0.6) is 0 Å². The summed E-state index contributed by atoms with van der Waals surface area (Å²) in [6.45, 7) is 12.7. The van der Waals surface area contributed by atoms with E-state index in [1.807, 2.05) is 69.8 Å². The van der Waals surface area contributed by atoms with Gasteiger partial charge < -0.3 is 54.2 Å². The average molecular weight is 1140 g/mol. The number of nitrogens with zero attached hydrogens (tertiary/aromatic N) is 1. The number of aliphatic hydroxyl groups excluding tert-OH is 1. The summed E-state index contributed by atoms with van der Waals surface area (Å²) in [5.41, 5.74) is 1.24. The highest BCUT2D eigenvalue weighted by Crippen LogP contribution is 2.39. The molecule has 0 spiro atoms. The van der Waals surface area contributed by atoms with Crippen LogP contribution in [0, 0.1) is 35.5 Å². The first kappa shape index (κ1) is 64.9. The number of hydrogen-bond donors (Lipinski definition) is 4. The van der Waals surface area contributed by atoms with Gasteiger partial charge in [0.2, 0.25) is 5.79 Å². The van der Waals surface area contributed by atoms with E-state index in [9.17, 15) is 43.8 Å². The molecule has 1 unspecified atom stereocenters. The molecule has 1 saturated carbocycles. The topological polar surface area (TPSA) is 243 Å². The van der Waals surface area contributed by atoms with E-state index in [0.29, 0.717) is 81.5 Å². The van der Waals surface area contributed by atoms with Gasteiger partial charge in [0.15, 0.2) is 5.78 Å². The lowest BCUT2D eigenvalue weighted by atomic mass is 9.78. The molecule has 5 heterocycles. The molecular formula is C61H93N3O15S. The van der Waals surface area contributed by atoms with Crippen molar-refractivity contribution >= 4 is 53.0 Å². The van der Waals surface area contributed by atoms with Crippen molar-refractivity contribution in [3.63, 3.8) is 0 Å². The minimum absolute atomic E-state index is 0.00000627. The molecule has 5 fully saturated rings. The number of carbonyl (C=O) groups is 7. The van der Waals surface area contributed by atoms with Crippen LogP contribution in [0.4, 0.5) is 4.79 Å². The molecule has 0 aromatic rings. The smallest absolute Gasteiger partial charge is 0.329 e. The van der Waals surface area contributed by atoms with E-state index in [1.54, 1.807) is 41.1 Å². The highest BCUT2D eigenvalue weighted by atomic mass is 32.2. The zero-order chi connectivity index (χ0) is 58.4. The molecule has 448 valence electrons. The van der Waals surface area contributed by atoms with Gasteiger partial charge in [-0.15, -0.1) is 0 Å². The summed E-state index contributed by atoms with van der Waals surface area (Å²) in [4.78, 5) is 97.8. The van der Waals surface area contributed by atoms with Gasteiger partial charge in [-0.25, -0.2) is 9.59 Å². The molecular weight excluding hydrogens is 1050 g/mol. The molecule has 18 atom stereocenters. The van der Waals surface area contributed by atoms with Crippen molar-refractivity contribution in [3.8, 4) is 0 Å². The quantitative estimate of drug-likeness (QED) is 0.0487. The van der Waals surface area contributed by atoms with Crippen LogP contribution >= 0.6 is 11.8 Å². The standard InChI is InChI=1S/C61H93N3O15S/c1-35-18-12-11-13-19-36(2)48(74-8)32-43-25-23-41(7)61(73,79-43)57(69)58(70)64-27-17-16-20-45(64)59(71)78-49(33-46(65)37(3)29-40(6)55(68)56(76-10)54(67)39(5)28-35)38(4)30-42-24-26-47(50(31-42)75-9)77-52(66)22-15-14-21-51-53-44(34-80-51)62-60(72)63-53/h11-13,18-19,29,35,37-39,41-45,47-51,53,55-56,68,73H,14-17,20-28,30-34H2,1-10H3,(H2,62,63,72)/b13-11+,18-12+,36-19+,40-29+/t35-,37-,38-,39-,41-,42+,43+,44+,45?,47-,48+,49+,50-,51+,53+,55-,56+,61-/m1/s1. The number of nitrogens with one attached hydrogen (secondary N) is 2. The van der Waals surface area contributed by atoms with E-state index in [2.05, 4.69) is 10.6 Å². The molecule has 5 aliphatic heterocycles. The number of allylic oxidation sites excluding steroid dienone is 6. The zero-order valence-electron chi connectivity index (χ0n) is 49.1. The number of fused-ring (bicyclic) bond motifs is 4. The van der Waals surface area contributed by atoms with E-state index < -0.39 is 95.9 Å². The summed E-state index contributed by atoms with van der Waals surface area (Å²) in [7, 11) is 4.54. The van der Waals surface area contributed by atoms with E-state index in [-0.39, 0.29) is 73.3 Å². The Kier molecular flexibility index (Phi) is 24.6. The molecule has 4 saturated heterocycles. The Morgan fingerprint density at radius 3 is 2.36 bits per heavy atom. The third-order valence-electron chi connectivity index (χ3n) is 17.8. The minimum atomic E-state index is -2.46. The summed E-state index contributed by atoms with van der Waals surface area (Å²) in [6, 6.07) is -1.04. The number of urea groups is 1. The third kappa shape index (κ3) is 17.0. The van der Waals surface area contributed by atoms with Crippen molar-refractivity contribution in [3.05, 3.63) is 47.6 Å². The number of cyclic esters (lactones) is 1. The second-order valence-electron chi connectivity index (χ2n) is 23.9. The van der Waals surface area contributed by atoms with Gasteiger partial charge in [0.25, 0.3) is 11.7 Å². The molecule has 6 rings (SSSR count). The Bertz CT molecular complexity index is 2290. The molecule has 0 radical (unpaired) electrons. The van der Waals surface area contributed by atoms with E-state index in [4.69, 9.17) is 28.4 Å². The van der Waals surface area contributed by atoms with Gasteiger partial charge in [-0.3, -0.25) is 24.0 Å². The third-order valence-corrected chi connectivity index (χ3v) is 19.3. The number of aliphatic hydroxyl groups is 2. The second-order valence-corrected chi connectivity index (χ2v) is 25.2. The van der Waals surface area contributed by atoms with Crippen molar-refractivity contribution < 1.29 is 72.2 Å². The number of rotatable bonds is 12. The molecule has 80 heavy (non-hydrogen) atoms. The van der Waals surface area contributed by atoms with E-state index in [1.165, 1.54) is 12.0 Å². The predicted octanol–water partition coefficient (Wildman–Crippen LogP) is 7.46. The minimum Gasteiger partial charge on any atom is -0.460 e. The van der Waals surface area contributed by atoms with Gasteiger partial charge in [0.1, 0.15) is 36.2 Å². The van der Waals surface area contributed by atoms with Crippen LogP contribution < -0.4 is 10.6 Å². The number of ether oxygens (including phenoxy) is 6. The summed E-state index contributed by atoms with van der Waals surface area (Å²) in [5, 5.41) is 29.9. The largest absolute Gasteiger partial charge is 0.460 e. The van der Waals surface area contributed by atoms with Crippen LogP contribution in [-0.4, -0.2) is 162 Å². The normalized spacial score (nSPS) is 39.3. The summed E-state index contributed by atoms with van der Waals surface area (Å²) >= 11 is 1.85. The molecule has 1 aliphatic carbocycles. The molecule has 4 N–H and O–H groups in total. The fourth-order valence-electron chi connectivity index (χ4n) is 12.7. The Hall–Kier alpha value is -4.24. The fourth-order valence-corrected chi connectivity index (χ4v) is 14.3. The molecule has 3 amide bonds. The SMILES string of the molecule is CO[C@H]1C[C@@H]2CC[C@@H](C)[C@@](O)(O2)C(=O)C(=O)N2CCCCC2C(=O)O[C@H]([C@H](C)C[C@@H]2CC[C@@H](OC(=O)CCCC[C@@H]3SC[C@@H]4NC(=O)N[C@@H]43)[C@H](OC)C2)CC(=O)[C@H](C)/C=C(\C)[C@@H](O)[C@@H](OC)C(=O)[C@H](C)C[C@H](C)/C=C/C=C/C=C/1C. The highest BCUT2D eigenvalue weighted by Gasteiger charge is 2.53. The highest BCUT2D eigenvalue weighted by molar-refractivity contribution is 8.00. The van der Waals surface area contributed by atoms with Crippen molar-refractivity contribution in [2.45, 2.75) is 223 Å². The fraction of sp³-hybridized carbons (Fsp3) is 0.754. The Morgan fingerprint density at radius 2 is 1.64 bits per heavy atom. The predicted molar refractivity (Wildman–Crippen MR) is 303 cm³/mol. The van der Waals surface area contributed by atoms with E-state index >= 15 is 0 Å². The van der Waals surface area contributed by atoms with Crippen molar-refractivity contribution in [1.29, 1.82) is 0 Å². The number of esters is 2. The number of amides is 3. The Balaban J connectivity index is 1.19. The molecule has 19 heteroatoms. The van der Waals surface area contributed by atoms with Gasteiger partial charge in [-0.1, -0.05) is 77.5 Å². The van der Waals surface area contributed by atoms with Crippen LogP contribution in [0.25, 0.3) is 0 Å². The lowest BCUT2D eigenvalue weighted by molar-refractivity contribution is -0.265. The number of methoxy groups -OCH3 is 3. The van der Waals surface area contributed by atoms with E-state index in [0.717, 1.165) is 24.2 Å². The van der Waals surface area contributed by atoms with Gasteiger partial charge in [0, 0.05) is 75.9 Å². The van der Waals surface area contributed by atoms with Crippen molar-refractivity contribution in [1.82, 2.24) is 15.5 Å². The van der Waals surface area contributed by atoms with Gasteiger partial charge in [0.05, 0.1) is 30.4 Å². The molecule has 18 nitrogen and oxygen atoms in total. The number of piperidine rings is 1. The molecule has 2 bridgehead atoms. The lowest BCUT2D eigenvalue weighted by Crippen LogP contribution is -2.61.